The quantitative estimate of drug-likeness (QED) is 0.485. The summed E-state index contributed by atoms with van der Waals surface area (Å²) < 4.78 is 4.72. The second-order valence-electron chi connectivity index (χ2n) is 3.93. The molecule has 0 aliphatic heterocycles. The SMILES string of the molecule is CC(C)(OC=O)C1C(=O)CC(N)C1=O. The highest BCUT2D eigenvalue weighted by molar-refractivity contribution is 6.12. The normalized spacial score (nSPS) is 27.9. The molecule has 0 aromatic heterocycles. The summed E-state index contributed by atoms with van der Waals surface area (Å²) in [7, 11) is 0. The third-order valence-electron chi connectivity index (χ3n) is 2.44. The summed E-state index contributed by atoms with van der Waals surface area (Å²) in [5.74, 6) is -1.51. The van der Waals surface area contributed by atoms with Crippen LogP contribution in [0.25, 0.3) is 0 Å². The van der Waals surface area contributed by atoms with Crippen molar-refractivity contribution in [1.82, 2.24) is 0 Å². The van der Waals surface area contributed by atoms with Crippen LogP contribution in [0.1, 0.15) is 20.3 Å². The predicted octanol–water partition coefficient (Wildman–Crippen LogP) is -0.577. The first kappa shape index (κ1) is 10.8. The first-order chi connectivity index (χ1) is 6.40. The van der Waals surface area contributed by atoms with Crippen molar-refractivity contribution < 1.29 is 19.1 Å². The van der Waals surface area contributed by atoms with Crippen LogP contribution in [0.15, 0.2) is 0 Å². The lowest BCUT2D eigenvalue weighted by Crippen LogP contribution is -2.42. The van der Waals surface area contributed by atoms with E-state index in [0.717, 1.165) is 0 Å². The molecule has 2 N–H and O–H groups in total. The highest BCUT2D eigenvalue weighted by Crippen LogP contribution is 2.30. The number of ketones is 2. The fourth-order valence-electron chi connectivity index (χ4n) is 1.73. The van der Waals surface area contributed by atoms with Gasteiger partial charge in [-0.05, 0) is 13.8 Å². The highest BCUT2D eigenvalue weighted by Gasteiger charge is 2.49. The van der Waals surface area contributed by atoms with E-state index in [0.29, 0.717) is 0 Å². The molecule has 1 aliphatic rings. The van der Waals surface area contributed by atoms with Crippen molar-refractivity contribution in [2.75, 3.05) is 0 Å². The van der Waals surface area contributed by atoms with Crippen LogP contribution in [0.5, 0.6) is 0 Å². The Kier molecular flexibility index (Phi) is 2.71. The minimum absolute atomic E-state index is 0.0369. The molecule has 5 nitrogen and oxygen atoms in total. The molecule has 1 saturated carbocycles. The maximum Gasteiger partial charge on any atom is 0.293 e. The number of nitrogens with two attached hydrogens (primary N) is 1. The third-order valence-corrected chi connectivity index (χ3v) is 2.44. The van der Waals surface area contributed by atoms with Crippen LogP contribution in [-0.2, 0) is 19.1 Å². The molecule has 5 heteroatoms. The summed E-state index contributed by atoms with van der Waals surface area (Å²) in [5.41, 5.74) is 4.34. The van der Waals surface area contributed by atoms with Crippen LogP contribution >= 0.6 is 0 Å². The van der Waals surface area contributed by atoms with E-state index in [1.54, 1.807) is 0 Å². The zero-order valence-electron chi connectivity index (χ0n) is 8.15. The van der Waals surface area contributed by atoms with E-state index in [2.05, 4.69) is 0 Å². The molecule has 0 saturated heterocycles. The Hall–Kier alpha value is -1.23. The molecule has 0 bridgehead atoms. The Morgan fingerprint density at radius 2 is 2.07 bits per heavy atom. The van der Waals surface area contributed by atoms with Crippen molar-refractivity contribution in [3.8, 4) is 0 Å². The second kappa shape index (κ2) is 3.49. The van der Waals surface area contributed by atoms with Gasteiger partial charge in [-0.3, -0.25) is 14.4 Å². The molecule has 2 atom stereocenters. The van der Waals surface area contributed by atoms with Gasteiger partial charge in [-0.1, -0.05) is 0 Å². The van der Waals surface area contributed by atoms with E-state index in [1.807, 2.05) is 0 Å². The van der Waals surface area contributed by atoms with E-state index < -0.39 is 17.6 Å². The van der Waals surface area contributed by atoms with E-state index >= 15 is 0 Å². The maximum atomic E-state index is 11.5. The number of rotatable bonds is 3. The van der Waals surface area contributed by atoms with Crippen molar-refractivity contribution in [3.05, 3.63) is 0 Å². The van der Waals surface area contributed by atoms with E-state index in [-0.39, 0.29) is 24.5 Å². The Morgan fingerprint density at radius 1 is 1.50 bits per heavy atom. The summed E-state index contributed by atoms with van der Waals surface area (Å²) in [6.07, 6.45) is 0.0369. The molecule has 0 aromatic rings. The summed E-state index contributed by atoms with van der Waals surface area (Å²) in [5, 5.41) is 0. The second-order valence-corrected chi connectivity index (χ2v) is 3.93. The van der Waals surface area contributed by atoms with Gasteiger partial charge in [-0.15, -0.1) is 0 Å². The number of hydrogen-bond donors (Lipinski definition) is 1. The number of carbonyl (C=O) groups excluding carboxylic acids is 3. The topological polar surface area (TPSA) is 86.5 Å². The van der Waals surface area contributed by atoms with E-state index in [1.165, 1.54) is 13.8 Å². The summed E-state index contributed by atoms with van der Waals surface area (Å²) in [6, 6.07) is -0.748. The van der Waals surface area contributed by atoms with Crippen LogP contribution < -0.4 is 5.73 Å². The Balaban J connectivity index is 2.91. The molecular formula is C9H13NO4. The van der Waals surface area contributed by atoms with Crippen LogP contribution in [-0.4, -0.2) is 29.7 Å². The van der Waals surface area contributed by atoms with Crippen molar-refractivity contribution >= 4 is 18.0 Å². The van der Waals surface area contributed by atoms with Gasteiger partial charge in [-0.2, -0.15) is 0 Å². The van der Waals surface area contributed by atoms with Crippen LogP contribution in [0.2, 0.25) is 0 Å². The van der Waals surface area contributed by atoms with E-state index in [9.17, 15) is 14.4 Å². The molecule has 1 aliphatic carbocycles. The fraction of sp³-hybridized carbons (Fsp3) is 0.667. The zero-order valence-corrected chi connectivity index (χ0v) is 8.15. The first-order valence-electron chi connectivity index (χ1n) is 4.33. The fourth-order valence-corrected chi connectivity index (χ4v) is 1.73. The van der Waals surface area contributed by atoms with Gasteiger partial charge in [0.15, 0.2) is 5.78 Å². The van der Waals surface area contributed by atoms with Crippen LogP contribution in [0.3, 0.4) is 0 Å². The average Bonchev–Trinajstić information content (AvgIpc) is 2.26. The summed E-state index contributed by atoms with van der Waals surface area (Å²) in [6.45, 7) is 3.30. The largest absolute Gasteiger partial charge is 0.461 e. The number of ether oxygens (including phenoxy) is 1. The molecule has 0 spiro atoms. The lowest BCUT2D eigenvalue weighted by Gasteiger charge is -2.27. The standard InChI is InChI=1S/C9H13NO4/c1-9(2,14-4-11)7-6(12)3-5(10)8(7)13/h4-5,7H,3,10H2,1-2H3. The minimum atomic E-state index is -1.09. The molecule has 14 heavy (non-hydrogen) atoms. The first-order valence-corrected chi connectivity index (χ1v) is 4.33. The lowest BCUT2D eigenvalue weighted by molar-refractivity contribution is -0.152. The Morgan fingerprint density at radius 3 is 2.43 bits per heavy atom. The maximum absolute atomic E-state index is 11.5. The van der Waals surface area contributed by atoms with Gasteiger partial charge in [0.1, 0.15) is 17.3 Å². The molecule has 0 amide bonds. The van der Waals surface area contributed by atoms with Crippen molar-refractivity contribution in [3.63, 3.8) is 0 Å². The summed E-state index contributed by atoms with van der Waals surface area (Å²) >= 11 is 0. The molecule has 2 unspecified atom stereocenters. The van der Waals surface area contributed by atoms with Gasteiger partial charge in [0.05, 0.1) is 6.04 Å². The summed E-state index contributed by atoms with van der Waals surface area (Å²) in [4.78, 5) is 33.1. The molecule has 78 valence electrons. The van der Waals surface area contributed by atoms with Gasteiger partial charge in [-0.25, -0.2) is 0 Å². The van der Waals surface area contributed by atoms with Crippen molar-refractivity contribution in [1.29, 1.82) is 0 Å². The van der Waals surface area contributed by atoms with Gasteiger partial charge in [0.2, 0.25) is 0 Å². The van der Waals surface area contributed by atoms with E-state index in [4.69, 9.17) is 10.5 Å². The number of hydrogen-bond acceptors (Lipinski definition) is 5. The van der Waals surface area contributed by atoms with Crippen LogP contribution in [0, 0.1) is 5.92 Å². The Labute approximate surface area is 81.6 Å². The average molecular weight is 199 g/mol. The molecule has 0 radical (unpaired) electrons. The molecule has 0 heterocycles. The van der Waals surface area contributed by atoms with Crippen molar-refractivity contribution in [2.45, 2.75) is 31.9 Å². The number of Topliss-reactive ketones (excluding diaryl/α,β-unsaturated/α-hetero) is 2. The minimum Gasteiger partial charge on any atom is -0.461 e. The molecule has 1 rings (SSSR count). The molecule has 1 fully saturated rings. The molecular weight excluding hydrogens is 186 g/mol. The molecule has 0 aromatic carbocycles. The van der Waals surface area contributed by atoms with Gasteiger partial charge in [0, 0.05) is 6.42 Å². The van der Waals surface area contributed by atoms with Crippen molar-refractivity contribution in [2.24, 2.45) is 11.7 Å². The monoisotopic (exact) mass is 199 g/mol. The van der Waals surface area contributed by atoms with Gasteiger partial charge >= 0.3 is 0 Å². The Bertz CT molecular complexity index is 285. The highest BCUT2D eigenvalue weighted by atomic mass is 16.5. The lowest BCUT2D eigenvalue weighted by atomic mass is 9.87. The van der Waals surface area contributed by atoms with Crippen LogP contribution in [0.4, 0.5) is 0 Å². The predicted molar refractivity (Wildman–Crippen MR) is 47.3 cm³/mol. The van der Waals surface area contributed by atoms with Gasteiger partial charge in [0.25, 0.3) is 6.47 Å². The zero-order chi connectivity index (χ0) is 10.9. The van der Waals surface area contributed by atoms with Gasteiger partial charge < -0.3 is 10.5 Å². The third kappa shape index (κ3) is 1.68. The smallest absolute Gasteiger partial charge is 0.293 e. The number of carbonyl (C=O) groups is 3.